The van der Waals surface area contributed by atoms with Crippen molar-refractivity contribution in [3.63, 3.8) is 0 Å². The van der Waals surface area contributed by atoms with E-state index in [1.165, 1.54) is 5.56 Å². The van der Waals surface area contributed by atoms with Crippen molar-refractivity contribution in [2.75, 3.05) is 0 Å². The first kappa shape index (κ1) is 14.3. The van der Waals surface area contributed by atoms with Crippen LogP contribution in [-0.4, -0.2) is 26.0 Å². The van der Waals surface area contributed by atoms with E-state index in [0.29, 0.717) is 15.0 Å². The predicted octanol–water partition coefficient (Wildman–Crippen LogP) is 3.20. The monoisotopic (exact) mass is 300 g/mol. The molecule has 0 saturated carbocycles. The second-order valence-electron chi connectivity index (χ2n) is 5.02. The maximum absolute atomic E-state index is 10.7. The maximum atomic E-state index is 10.7. The van der Waals surface area contributed by atoms with Gasteiger partial charge in [-0.2, -0.15) is 0 Å². The Balaban J connectivity index is 2.22. The van der Waals surface area contributed by atoms with E-state index < -0.39 is 5.97 Å². The summed E-state index contributed by atoms with van der Waals surface area (Å²) in [7, 11) is 0. The van der Waals surface area contributed by atoms with Crippen LogP contribution in [0.25, 0.3) is 0 Å². The third-order valence-electron chi connectivity index (χ3n) is 2.66. The van der Waals surface area contributed by atoms with Gasteiger partial charge in [-0.1, -0.05) is 0 Å². The van der Waals surface area contributed by atoms with Crippen molar-refractivity contribution in [3.8, 4) is 0 Å². The Labute approximate surface area is 110 Å². The molecular weight excluding hydrogens is 279 g/mol. The van der Waals surface area contributed by atoms with Crippen molar-refractivity contribution in [2.45, 2.75) is 37.3 Å². The summed E-state index contributed by atoms with van der Waals surface area (Å²) in [5, 5.41) is 11.1. The Bertz CT molecular complexity index is 346. The van der Waals surface area contributed by atoms with Crippen molar-refractivity contribution >= 4 is 20.9 Å². The van der Waals surface area contributed by atoms with E-state index in [2.05, 4.69) is 24.3 Å². The molecule has 0 unspecified atom stereocenters. The van der Waals surface area contributed by atoms with E-state index >= 15 is 0 Å². The number of carboxylic acid groups (broad SMARTS) is 1. The first-order chi connectivity index (χ1) is 7.99. The molecule has 0 aliphatic rings. The van der Waals surface area contributed by atoms with Crippen LogP contribution < -0.4 is 0 Å². The number of carboxylic acids is 1. The zero-order valence-corrected chi connectivity index (χ0v) is 12.2. The van der Waals surface area contributed by atoms with Gasteiger partial charge in [0.05, 0.1) is 0 Å². The molecule has 1 rings (SSSR count). The van der Waals surface area contributed by atoms with E-state index in [4.69, 9.17) is 5.11 Å². The topological polar surface area (TPSA) is 37.3 Å². The average molecular weight is 299 g/mol. The summed E-state index contributed by atoms with van der Waals surface area (Å²) in [6.07, 6.45) is 1.28. The molecule has 2 nitrogen and oxygen atoms in total. The van der Waals surface area contributed by atoms with E-state index in [-0.39, 0.29) is 11.8 Å². The van der Waals surface area contributed by atoms with Crippen LogP contribution in [0.4, 0.5) is 0 Å². The van der Waals surface area contributed by atoms with E-state index in [9.17, 15) is 4.79 Å². The normalized spacial score (nSPS) is 11.4. The van der Waals surface area contributed by atoms with Gasteiger partial charge in [-0.25, -0.2) is 0 Å². The van der Waals surface area contributed by atoms with Crippen LogP contribution in [-0.2, 0) is 10.1 Å². The Hall–Kier alpha value is -0.791. The number of hydrogen-bond donors (Lipinski definition) is 1. The molecule has 1 aromatic carbocycles. The molecular formula is C14H20O2Se. The number of carbonyl (C=O) groups is 1. The molecule has 0 heterocycles. The number of rotatable bonds is 7. The standard InChI is InChI=1S/C14H20O2Se/c1-14(2,10-13(15)16)8-9-17-11-12-6-4-3-5-7-12/h3-7H,8-11H2,1-2H3,(H,15,16). The summed E-state index contributed by atoms with van der Waals surface area (Å²) in [6.45, 7) is 4.08. The third-order valence-corrected chi connectivity index (χ3v) is 4.83. The van der Waals surface area contributed by atoms with Crippen molar-refractivity contribution in [2.24, 2.45) is 5.41 Å². The summed E-state index contributed by atoms with van der Waals surface area (Å²) < 4.78 is 0. The molecule has 0 bridgehead atoms. The zero-order valence-electron chi connectivity index (χ0n) is 10.5. The summed E-state index contributed by atoms with van der Waals surface area (Å²) >= 11 is 0.580. The Kier molecular flexibility index (Phi) is 5.73. The third kappa shape index (κ3) is 6.50. The molecule has 0 spiro atoms. The molecule has 0 amide bonds. The fourth-order valence-electron chi connectivity index (χ4n) is 1.61. The van der Waals surface area contributed by atoms with Gasteiger partial charge >= 0.3 is 109 Å². The molecule has 0 atom stereocenters. The average Bonchev–Trinajstić information content (AvgIpc) is 2.24. The Morgan fingerprint density at radius 3 is 2.53 bits per heavy atom. The van der Waals surface area contributed by atoms with Crippen molar-refractivity contribution in [3.05, 3.63) is 35.9 Å². The van der Waals surface area contributed by atoms with E-state index in [0.717, 1.165) is 17.1 Å². The first-order valence-electron chi connectivity index (χ1n) is 5.83. The van der Waals surface area contributed by atoms with Crippen LogP contribution in [0.3, 0.4) is 0 Å². The van der Waals surface area contributed by atoms with Crippen molar-refractivity contribution in [1.82, 2.24) is 0 Å². The predicted molar refractivity (Wildman–Crippen MR) is 71.4 cm³/mol. The van der Waals surface area contributed by atoms with Gasteiger partial charge in [-0.05, 0) is 0 Å². The number of aliphatic carboxylic acids is 1. The van der Waals surface area contributed by atoms with Crippen LogP contribution in [0.1, 0.15) is 32.3 Å². The van der Waals surface area contributed by atoms with Gasteiger partial charge < -0.3 is 0 Å². The van der Waals surface area contributed by atoms with Crippen LogP contribution in [0.15, 0.2) is 30.3 Å². The van der Waals surface area contributed by atoms with Crippen LogP contribution >= 0.6 is 0 Å². The molecule has 0 fully saturated rings. The fraction of sp³-hybridized carbons (Fsp3) is 0.500. The van der Waals surface area contributed by atoms with Gasteiger partial charge in [-0.15, -0.1) is 0 Å². The van der Waals surface area contributed by atoms with Crippen molar-refractivity contribution in [1.29, 1.82) is 0 Å². The molecule has 1 aromatic rings. The molecule has 3 heteroatoms. The summed E-state index contributed by atoms with van der Waals surface area (Å²) in [5.41, 5.74) is 1.33. The summed E-state index contributed by atoms with van der Waals surface area (Å²) in [4.78, 5) is 10.7. The van der Waals surface area contributed by atoms with E-state index in [1.54, 1.807) is 0 Å². The Morgan fingerprint density at radius 1 is 1.29 bits per heavy atom. The minimum absolute atomic E-state index is 0.0652. The van der Waals surface area contributed by atoms with Gasteiger partial charge in [0.25, 0.3) is 0 Å². The quantitative estimate of drug-likeness (QED) is 0.620. The molecule has 17 heavy (non-hydrogen) atoms. The molecule has 0 saturated heterocycles. The van der Waals surface area contributed by atoms with Crippen LogP contribution in [0.2, 0.25) is 5.32 Å². The van der Waals surface area contributed by atoms with Crippen LogP contribution in [0.5, 0.6) is 0 Å². The van der Waals surface area contributed by atoms with Gasteiger partial charge in [0.15, 0.2) is 0 Å². The molecule has 0 aliphatic carbocycles. The summed E-state index contributed by atoms with van der Waals surface area (Å²) in [6, 6.07) is 10.5. The SMILES string of the molecule is CC(C)(CC[Se]Cc1ccccc1)CC(=O)O. The molecule has 94 valence electrons. The second-order valence-corrected chi connectivity index (χ2v) is 7.34. The minimum atomic E-state index is -0.689. The number of benzene rings is 1. The van der Waals surface area contributed by atoms with Crippen molar-refractivity contribution < 1.29 is 9.90 Å². The molecule has 0 aromatic heterocycles. The van der Waals surface area contributed by atoms with Gasteiger partial charge in [0.2, 0.25) is 0 Å². The molecule has 1 N–H and O–H groups in total. The van der Waals surface area contributed by atoms with Gasteiger partial charge in [0, 0.05) is 0 Å². The molecule has 0 aliphatic heterocycles. The van der Waals surface area contributed by atoms with E-state index in [1.807, 2.05) is 19.9 Å². The molecule has 0 radical (unpaired) electrons. The fourth-order valence-corrected chi connectivity index (χ4v) is 4.27. The van der Waals surface area contributed by atoms with Gasteiger partial charge in [-0.3, -0.25) is 0 Å². The van der Waals surface area contributed by atoms with Gasteiger partial charge in [0.1, 0.15) is 0 Å². The second kappa shape index (κ2) is 6.83. The summed E-state index contributed by atoms with van der Waals surface area (Å²) in [5.74, 6) is -0.689. The number of hydrogen-bond acceptors (Lipinski definition) is 1. The zero-order chi connectivity index (χ0) is 12.7. The Morgan fingerprint density at radius 2 is 1.94 bits per heavy atom. The first-order valence-corrected chi connectivity index (χ1v) is 8.25. The van der Waals surface area contributed by atoms with Crippen LogP contribution in [0, 0.1) is 5.41 Å².